The third-order valence-electron chi connectivity index (χ3n) is 4.44. The molecule has 0 aliphatic carbocycles. The second-order valence-electron chi connectivity index (χ2n) is 6.25. The van der Waals surface area contributed by atoms with Gasteiger partial charge in [0.05, 0.1) is 0 Å². The lowest BCUT2D eigenvalue weighted by Crippen LogP contribution is -2.46. The first-order chi connectivity index (χ1) is 12.7. The van der Waals surface area contributed by atoms with E-state index in [0.717, 1.165) is 38.3 Å². The lowest BCUT2D eigenvalue weighted by atomic mass is 10.2. The minimum Gasteiger partial charge on any atom is -0.353 e. The molecule has 1 aliphatic rings. The van der Waals surface area contributed by atoms with Crippen molar-refractivity contribution in [3.63, 3.8) is 0 Å². The van der Waals surface area contributed by atoms with Gasteiger partial charge in [-0.2, -0.15) is 4.80 Å². The van der Waals surface area contributed by atoms with Crippen LogP contribution in [0.5, 0.6) is 0 Å². The van der Waals surface area contributed by atoms with Gasteiger partial charge in [-0.25, -0.2) is 0 Å². The topological polar surface area (TPSA) is 88.0 Å². The lowest BCUT2D eigenvalue weighted by Gasteiger charge is -2.27. The number of amides is 1. The Bertz CT molecular complexity index is 712. The van der Waals surface area contributed by atoms with Crippen molar-refractivity contribution < 1.29 is 4.79 Å². The summed E-state index contributed by atoms with van der Waals surface area (Å²) in [6, 6.07) is 6.75. The number of benzene rings is 1. The van der Waals surface area contributed by atoms with Crippen molar-refractivity contribution in [2.45, 2.75) is 19.4 Å². The molecular weight excluding hydrogens is 354 g/mol. The number of piperazine rings is 1. The average molecular weight is 378 g/mol. The van der Waals surface area contributed by atoms with Crippen LogP contribution in [0.25, 0.3) is 11.4 Å². The average Bonchev–Trinajstić information content (AvgIpc) is 3.13. The number of halogens is 1. The molecule has 26 heavy (non-hydrogen) atoms. The Morgan fingerprint density at radius 3 is 2.73 bits per heavy atom. The smallest absolute Gasteiger partial charge is 0.246 e. The van der Waals surface area contributed by atoms with Crippen LogP contribution in [0, 0.1) is 0 Å². The number of nitrogens with zero attached hydrogens (tertiary/aromatic N) is 5. The number of aromatic nitrogens is 4. The van der Waals surface area contributed by atoms with Gasteiger partial charge < -0.3 is 10.6 Å². The maximum absolute atomic E-state index is 12.5. The zero-order valence-electron chi connectivity index (χ0n) is 14.9. The molecule has 1 atom stereocenters. The fraction of sp³-hybridized carbons (Fsp3) is 0.529. The van der Waals surface area contributed by atoms with Crippen LogP contribution in [-0.4, -0.2) is 70.3 Å². The van der Waals surface area contributed by atoms with Crippen LogP contribution in [0.3, 0.4) is 0 Å². The van der Waals surface area contributed by atoms with E-state index in [-0.39, 0.29) is 5.91 Å². The van der Waals surface area contributed by atoms with E-state index in [9.17, 15) is 4.79 Å². The predicted octanol–water partition coefficient (Wildman–Crippen LogP) is 0.966. The van der Waals surface area contributed by atoms with E-state index in [1.54, 1.807) is 12.1 Å². The highest BCUT2D eigenvalue weighted by Crippen LogP contribution is 2.18. The summed E-state index contributed by atoms with van der Waals surface area (Å²) >= 11 is 5.90. The van der Waals surface area contributed by atoms with Gasteiger partial charge in [0.25, 0.3) is 0 Å². The van der Waals surface area contributed by atoms with Crippen molar-refractivity contribution in [1.82, 2.24) is 35.7 Å². The standard InChI is InChI=1S/C17H24ClN7O/c1-2-15(17(26)20-9-12-24-10-7-19-8-11-24)25-22-16(21-23-25)13-3-5-14(18)6-4-13/h3-6,15,19H,2,7-12H2,1H3,(H,20,26). The molecular formula is C17H24ClN7O. The molecule has 1 aromatic heterocycles. The minimum absolute atomic E-state index is 0.0808. The molecule has 2 aromatic rings. The van der Waals surface area contributed by atoms with Gasteiger partial charge in [-0.1, -0.05) is 18.5 Å². The Balaban J connectivity index is 1.57. The second kappa shape index (κ2) is 9.07. The van der Waals surface area contributed by atoms with Crippen LogP contribution in [0.2, 0.25) is 5.02 Å². The summed E-state index contributed by atoms with van der Waals surface area (Å²) in [6.07, 6.45) is 0.593. The largest absolute Gasteiger partial charge is 0.353 e. The molecule has 2 N–H and O–H groups in total. The molecule has 0 bridgehead atoms. The van der Waals surface area contributed by atoms with Gasteiger partial charge in [0.15, 0.2) is 6.04 Å². The molecule has 0 saturated carbocycles. The first-order valence-electron chi connectivity index (χ1n) is 8.93. The third kappa shape index (κ3) is 4.78. The van der Waals surface area contributed by atoms with Gasteiger partial charge in [-0.15, -0.1) is 10.2 Å². The van der Waals surface area contributed by atoms with E-state index in [1.165, 1.54) is 4.80 Å². The molecule has 3 rings (SSSR count). The van der Waals surface area contributed by atoms with Crippen molar-refractivity contribution >= 4 is 17.5 Å². The zero-order chi connectivity index (χ0) is 18.4. The predicted molar refractivity (Wildman–Crippen MR) is 99.9 cm³/mol. The summed E-state index contributed by atoms with van der Waals surface area (Å²) in [7, 11) is 0. The highest BCUT2D eigenvalue weighted by molar-refractivity contribution is 6.30. The number of tetrazole rings is 1. The Morgan fingerprint density at radius 2 is 2.04 bits per heavy atom. The molecule has 0 spiro atoms. The highest BCUT2D eigenvalue weighted by Gasteiger charge is 2.22. The first-order valence-corrected chi connectivity index (χ1v) is 9.31. The highest BCUT2D eigenvalue weighted by atomic mass is 35.5. The molecule has 2 heterocycles. The van der Waals surface area contributed by atoms with Crippen molar-refractivity contribution in [1.29, 1.82) is 0 Å². The molecule has 9 heteroatoms. The van der Waals surface area contributed by atoms with E-state index in [0.29, 0.717) is 23.8 Å². The van der Waals surface area contributed by atoms with Gasteiger partial charge in [-0.3, -0.25) is 9.69 Å². The van der Waals surface area contributed by atoms with E-state index >= 15 is 0 Å². The van der Waals surface area contributed by atoms with E-state index in [1.807, 2.05) is 19.1 Å². The monoisotopic (exact) mass is 377 g/mol. The molecule has 0 radical (unpaired) electrons. The first kappa shape index (κ1) is 18.8. The molecule has 1 amide bonds. The maximum atomic E-state index is 12.5. The van der Waals surface area contributed by atoms with Gasteiger partial charge in [0.1, 0.15) is 0 Å². The van der Waals surface area contributed by atoms with Crippen LogP contribution in [-0.2, 0) is 4.79 Å². The SMILES string of the molecule is CCC(C(=O)NCCN1CCNCC1)n1nnc(-c2ccc(Cl)cc2)n1. The van der Waals surface area contributed by atoms with Gasteiger partial charge >= 0.3 is 0 Å². The Kier molecular flexibility index (Phi) is 6.54. The molecule has 8 nitrogen and oxygen atoms in total. The van der Waals surface area contributed by atoms with E-state index < -0.39 is 6.04 Å². The Hall–Kier alpha value is -2.03. The summed E-state index contributed by atoms with van der Waals surface area (Å²) in [4.78, 5) is 16.2. The third-order valence-corrected chi connectivity index (χ3v) is 4.69. The van der Waals surface area contributed by atoms with Gasteiger partial charge in [0.2, 0.25) is 11.7 Å². The number of nitrogens with one attached hydrogen (secondary N) is 2. The van der Waals surface area contributed by atoms with Gasteiger partial charge in [-0.05, 0) is 35.9 Å². The fourth-order valence-corrected chi connectivity index (χ4v) is 3.04. The molecule has 1 unspecified atom stereocenters. The lowest BCUT2D eigenvalue weighted by molar-refractivity contribution is -0.125. The number of hydrogen-bond donors (Lipinski definition) is 2. The number of carbonyl (C=O) groups excluding carboxylic acids is 1. The quantitative estimate of drug-likeness (QED) is 0.747. The Morgan fingerprint density at radius 1 is 1.31 bits per heavy atom. The summed E-state index contributed by atoms with van der Waals surface area (Å²) in [5, 5.41) is 19.5. The normalized spacial score (nSPS) is 16.4. The number of rotatable bonds is 7. The summed E-state index contributed by atoms with van der Waals surface area (Å²) in [5.41, 5.74) is 0.814. The molecule has 140 valence electrons. The molecule has 1 saturated heterocycles. The van der Waals surface area contributed by atoms with E-state index in [4.69, 9.17) is 11.6 Å². The van der Waals surface area contributed by atoms with Crippen molar-refractivity contribution in [3.05, 3.63) is 29.3 Å². The zero-order valence-corrected chi connectivity index (χ0v) is 15.6. The van der Waals surface area contributed by atoms with Crippen molar-refractivity contribution in [3.8, 4) is 11.4 Å². The van der Waals surface area contributed by atoms with Crippen LogP contribution in [0.15, 0.2) is 24.3 Å². The maximum Gasteiger partial charge on any atom is 0.246 e. The number of carbonyl (C=O) groups is 1. The van der Waals surface area contributed by atoms with Crippen LogP contribution in [0.4, 0.5) is 0 Å². The van der Waals surface area contributed by atoms with Crippen molar-refractivity contribution in [2.75, 3.05) is 39.3 Å². The van der Waals surface area contributed by atoms with Crippen molar-refractivity contribution in [2.24, 2.45) is 0 Å². The molecule has 1 aliphatic heterocycles. The Labute approximate surface area is 157 Å². The van der Waals surface area contributed by atoms with Crippen LogP contribution < -0.4 is 10.6 Å². The molecule has 1 fully saturated rings. The summed E-state index contributed by atoms with van der Waals surface area (Å²) < 4.78 is 0. The second-order valence-corrected chi connectivity index (χ2v) is 6.68. The van der Waals surface area contributed by atoms with Crippen LogP contribution in [0.1, 0.15) is 19.4 Å². The van der Waals surface area contributed by atoms with Crippen LogP contribution >= 0.6 is 11.6 Å². The number of hydrogen-bond acceptors (Lipinski definition) is 6. The van der Waals surface area contributed by atoms with Gasteiger partial charge in [0, 0.05) is 49.9 Å². The fourth-order valence-electron chi connectivity index (χ4n) is 2.92. The summed E-state index contributed by atoms with van der Waals surface area (Å²) in [5.74, 6) is 0.399. The van der Waals surface area contributed by atoms with E-state index in [2.05, 4.69) is 30.9 Å². The molecule has 1 aromatic carbocycles. The summed E-state index contributed by atoms with van der Waals surface area (Å²) in [6.45, 7) is 7.44. The minimum atomic E-state index is -0.466.